The highest BCUT2D eigenvalue weighted by Crippen LogP contribution is 2.24. The second-order valence-corrected chi connectivity index (χ2v) is 5.79. The lowest BCUT2D eigenvalue weighted by molar-refractivity contribution is 0.656. The molecule has 0 saturated heterocycles. The lowest BCUT2D eigenvalue weighted by Crippen LogP contribution is -2.14. The summed E-state index contributed by atoms with van der Waals surface area (Å²) in [6, 6.07) is 8.10. The molecule has 18 heavy (non-hydrogen) atoms. The van der Waals surface area contributed by atoms with Crippen LogP contribution >= 0.6 is 31.9 Å². The number of halogens is 2. The molecule has 0 atom stereocenters. The van der Waals surface area contributed by atoms with E-state index in [2.05, 4.69) is 49.2 Å². The number of rotatable bonds is 5. The topological polar surface area (TPSA) is 29.9 Å². The predicted octanol–water partition coefficient (Wildman–Crippen LogP) is 3.90. The second kappa shape index (κ2) is 6.50. The molecular formula is C13H15Br2N3. The highest BCUT2D eigenvalue weighted by Gasteiger charge is 2.05. The Morgan fingerprint density at radius 3 is 2.83 bits per heavy atom. The van der Waals surface area contributed by atoms with E-state index in [4.69, 9.17) is 0 Å². The predicted molar refractivity (Wildman–Crippen MR) is 81.0 cm³/mol. The molecule has 2 aromatic rings. The maximum Gasteiger partial charge on any atom is 0.0788 e. The summed E-state index contributed by atoms with van der Waals surface area (Å²) in [7, 11) is 0. The van der Waals surface area contributed by atoms with Gasteiger partial charge in [-0.15, -0.1) is 0 Å². The van der Waals surface area contributed by atoms with Crippen molar-refractivity contribution in [2.24, 2.45) is 0 Å². The highest BCUT2D eigenvalue weighted by molar-refractivity contribution is 9.11. The van der Waals surface area contributed by atoms with Crippen molar-refractivity contribution in [2.45, 2.75) is 19.9 Å². The van der Waals surface area contributed by atoms with E-state index in [1.807, 2.05) is 35.1 Å². The molecule has 3 nitrogen and oxygen atoms in total. The molecule has 0 amide bonds. The molecule has 0 bridgehead atoms. The Bertz CT molecular complexity index is 523. The SMILES string of the molecule is CCCNCc1ccn(-c2ccc(Br)cc2Br)n1. The summed E-state index contributed by atoms with van der Waals surface area (Å²) in [5.74, 6) is 0. The van der Waals surface area contributed by atoms with E-state index in [1.165, 1.54) is 0 Å². The summed E-state index contributed by atoms with van der Waals surface area (Å²) in [5.41, 5.74) is 2.10. The molecule has 1 aromatic carbocycles. The molecule has 1 heterocycles. The Morgan fingerprint density at radius 2 is 2.11 bits per heavy atom. The first-order chi connectivity index (χ1) is 8.70. The van der Waals surface area contributed by atoms with Gasteiger partial charge in [0.15, 0.2) is 0 Å². The normalized spacial score (nSPS) is 10.8. The summed E-state index contributed by atoms with van der Waals surface area (Å²) >= 11 is 7.00. The standard InChI is InChI=1S/C13H15Br2N3/c1-2-6-16-9-11-5-7-18(17-11)13-4-3-10(14)8-12(13)15/h3-5,7-8,16H,2,6,9H2,1H3. The minimum absolute atomic E-state index is 0.814. The van der Waals surface area contributed by atoms with Gasteiger partial charge < -0.3 is 5.32 Å². The van der Waals surface area contributed by atoms with Crippen LogP contribution in [0.4, 0.5) is 0 Å². The first kappa shape index (κ1) is 13.8. The van der Waals surface area contributed by atoms with Crippen LogP contribution in [0.25, 0.3) is 5.69 Å². The fourth-order valence-electron chi connectivity index (χ4n) is 1.65. The van der Waals surface area contributed by atoms with Crippen LogP contribution in [-0.4, -0.2) is 16.3 Å². The maximum absolute atomic E-state index is 4.55. The molecule has 96 valence electrons. The van der Waals surface area contributed by atoms with Gasteiger partial charge in [-0.25, -0.2) is 4.68 Å². The lowest BCUT2D eigenvalue weighted by atomic mass is 10.3. The van der Waals surface area contributed by atoms with E-state index in [0.717, 1.165) is 39.8 Å². The number of nitrogens with zero attached hydrogens (tertiary/aromatic N) is 2. The van der Waals surface area contributed by atoms with E-state index in [9.17, 15) is 0 Å². The Kier molecular flexibility index (Phi) is 4.97. The van der Waals surface area contributed by atoms with E-state index < -0.39 is 0 Å². The van der Waals surface area contributed by atoms with Crippen molar-refractivity contribution < 1.29 is 0 Å². The van der Waals surface area contributed by atoms with Gasteiger partial charge in [-0.1, -0.05) is 22.9 Å². The molecule has 0 radical (unpaired) electrons. The zero-order valence-electron chi connectivity index (χ0n) is 10.2. The molecule has 0 aliphatic heterocycles. The van der Waals surface area contributed by atoms with Crippen LogP contribution in [-0.2, 0) is 6.54 Å². The van der Waals surface area contributed by atoms with Crippen molar-refractivity contribution in [2.75, 3.05) is 6.54 Å². The summed E-state index contributed by atoms with van der Waals surface area (Å²) in [4.78, 5) is 0. The van der Waals surface area contributed by atoms with Gasteiger partial charge in [0.05, 0.1) is 11.4 Å². The highest BCUT2D eigenvalue weighted by atomic mass is 79.9. The van der Waals surface area contributed by atoms with Gasteiger partial charge in [0.25, 0.3) is 0 Å². The van der Waals surface area contributed by atoms with Crippen molar-refractivity contribution >= 4 is 31.9 Å². The van der Waals surface area contributed by atoms with Crippen molar-refractivity contribution in [3.8, 4) is 5.69 Å². The molecular weight excluding hydrogens is 358 g/mol. The van der Waals surface area contributed by atoms with E-state index in [1.54, 1.807) is 0 Å². The van der Waals surface area contributed by atoms with Gasteiger partial charge in [-0.2, -0.15) is 5.10 Å². The number of hydrogen-bond acceptors (Lipinski definition) is 2. The van der Waals surface area contributed by atoms with Crippen molar-refractivity contribution in [1.82, 2.24) is 15.1 Å². The van der Waals surface area contributed by atoms with Crippen LogP contribution < -0.4 is 5.32 Å². The van der Waals surface area contributed by atoms with Gasteiger partial charge in [0.1, 0.15) is 0 Å². The summed E-state index contributed by atoms with van der Waals surface area (Å²) in [6.07, 6.45) is 3.12. The second-order valence-electron chi connectivity index (χ2n) is 4.02. The van der Waals surface area contributed by atoms with Crippen LogP contribution in [0.1, 0.15) is 19.0 Å². The molecule has 1 N–H and O–H groups in total. The molecule has 1 aromatic heterocycles. The summed E-state index contributed by atoms with van der Waals surface area (Å²) in [6.45, 7) is 3.99. The Balaban J connectivity index is 2.13. The molecule has 5 heteroatoms. The van der Waals surface area contributed by atoms with E-state index >= 15 is 0 Å². The monoisotopic (exact) mass is 371 g/mol. The summed E-state index contributed by atoms with van der Waals surface area (Å²) < 4.78 is 3.96. The van der Waals surface area contributed by atoms with Crippen LogP contribution in [0.5, 0.6) is 0 Å². The molecule has 0 saturated carbocycles. The molecule has 0 unspecified atom stereocenters. The third kappa shape index (κ3) is 3.43. The van der Waals surface area contributed by atoms with Gasteiger partial charge in [-0.05, 0) is 53.2 Å². The van der Waals surface area contributed by atoms with Gasteiger partial charge in [0, 0.05) is 21.7 Å². The van der Waals surface area contributed by atoms with Crippen LogP contribution in [0.2, 0.25) is 0 Å². The first-order valence-electron chi connectivity index (χ1n) is 5.91. The fraction of sp³-hybridized carbons (Fsp3) is 0.308. The number of aromatic nitrogens is 2. The van der Waals surface area contributed by atoms with Crippen molar-refractivity contribution in [3.05, 3.63) is 45.1 Å². The van der Waals surface area contributed by atoms with Gasteiger partial charge in [-0.3, -0.25) is 0 Å². The number of hydrogen-bond donors (Lipinski definition) is 1. The minimum Gasteiger partial charge on any atom is -0.311 e. The Hall–Kier alpha value is -0.650. The lowest BCUT2D eigenvalue weighted by Gasteiger charge is -2.05. The van der Waals surface area contributed by atoms with Gasteiger partial charge >= 0.3 is 0 Å². The van der Waals surface area contributed by atoms with Crippen molar-refractivity contribution in [3.63, 3.8) is 0 Å². The average molecular weight is 373 g/mol. The molecule has 0 spiro atoms. The largest absolute Gasteiger partial charge is 0.311 e. The zero-order chi connectivity index (χ0) is 13.0. The van der Waals surface area contributed by atoms with Crippen LogP contribution in [0.15, 0.2) is 39.4 Å². The quantitative estimate of drug-likeness (QED) is 0.806. The third-order valence-electron chi connectivity index (χ3n) is 2.53. The van der Waals surface area contributed by atoms with Crippen LogP contribution in [0.3, 0.4) is 0 Å². The van der Waals surface area contributed by atoms with Gasteiger partial charge in [0.2, 0.25) is 0 Å². The van der Waals surface area contributed by atoms with E-state index in [-0.39, 0.29) is 0 Å². The Morgan fingerprint density at radius 1 is 1.28 bits per heavy atom. The number of nitrogens with one attached hydrogen (secondary N) is 1. The first-order valence-corrected chi connectivity index (χ1v) is 7.50. The zero-order valence-corrected chi connectivity index (χ0v) is 13.3. The minimum atomic E-state index is 0.814. The third-order valence-corrected chi connectivity index (χ3v) is 3.66. The summed E-state index contributed by atoms with van der Waals surface area (Å²) in [5, 5.41) is 7.90. The smallest absolute Gasteiger partial charge is 0.0788 e. The average Bonchev–Trinajstić information content (AvgIpc) is 2.78. The Labute approximate surface area is 124 Å². The molecule has 0 aliphatic rings. The fourth-order valence-corrected chi connectivity index (χ4v) is 2.88. The maximum atomic E-state index is 4.55. The molecule has 0 fully saturated rings. The van der Waals surface area contributed by atoms with Crippen molar-refractivity contribution in [1.29, 1.82) is 0 Å². The number of benzene rings is 1. The molecule has 0 aliphatic carbocycles. The van der Waals surface area contributed by atoms with Crippen LogP contribution in [0, 0.1) is 0 Å². The van der Waals surface area contributed by atoms with E-state index in [0.29, 0.717) is 0 Å². The molecule has 2 rings (SSSR count).